The van der Waals surface area contributed by atoms with Gasteiger partial charge in [0.05, 0.1) is 29.6 Å². The molecular formula is C14H15ClO5S. The van der Waals surface area contributed by atoms with Gasteiger partial charge in [0.2, 0.25) is 0 Å². The van der Waals surface area contributed by atoms with Gasteiger partial charge in [0.15, 0.2) is 9.84 Å². The molecule has 1 N–H and O–H groups in total. The Morgan fingerprint density at radius 3 is 2.48 bits per heavy atom. The van der Waals surface area contributed by atoms with E-state index in [9.17, 15) is 13.2 Å². The van der Waals surface area contributed by atoms with Crippen molar-refractivity contribution in [3.05, 3.63) is 28.8 Å². The van der Waals surface area contributed by atoms with E-state index in [0.29, 0.717) is 0 Å². The second-order valence-electron chi connectivity index (χ2n) is 5.70. The molecular weight excluding hydrogens is 316 g/mol. The van der Waals surface area contributed by atoms with Gasteiger partial charge in [-0.05, 0) is 30.5 Å². The zero-order valence-electron chi connectivity index (χ0n) is 11.2. The van der Waals surface area contributed by atoms with Gasteiger partial charge in [-0.3, -0.25) is 4.79 Å². The molecule has 114 valence electrons. The topological polar surface area (TPSA) is 80.7 Å². The third-order valence-electron chi connectivity index (χ3n) is 4.24. The standard InChI is InChI=1S/C14H15ClO5S/c15-11-5-9(14(3-4-14)6-13(16)17)1-2-12(11)21(18,19)10-7-20-8-10/h1-2,5,10H,3-4,6-8H2,(H,16,17). The Bertz CT molecular complexity index is 689. The number of ether oxygens (including phenoxy) is 1. The van der Waals surface area contributed by atoms with E-state index >= 15 is 0 Å². The summed E-state index contributed by atoms with van der Waals surface area (Å²) in [7, 11) is -3.47. The summed E-state index contributed by atoms with van der Waals surface area (Å²) < 4.78 is 29.6. The van der Waals surface area contributed by atoms with Gasteiger partial charge in [-0.1, -0.05) is 17.7 Å². The van der Waals surface area contributed by atoms with Gasteiger partial charge in [0, 0.05) is 5.41 Å². The number of rotatable bonds is 5. The summed E-state index contributed by atoms with van der Waals surface area (Å²) >= 11 is 6.14. The number of carboxylic acids is 1. The zero-order valence-corrected chi connectivity index (χ0v) is 12.8. The highest BCUT2D eigenvalue weighted by Crippen LogP contribution is 2.51. The van der Waals surface area contributed by atoms with Crippen LogP contribution < -0.4 is 0 Å². The third kappa shape index (κ3) is 2.56. The molecule has 0 spiro atoms. The fourth-order valence-electron chi connectivity index (χ4n) is 2.64. The highest BCUT2D eigenvalue weighted by molar-refractivity contribution is 7.92. The molecule has 0 radical (unpaired) electrons. The molecule has 2 fully saturated rings. The molecule has 21 heavy (non-hydrogen) atoms. The molecule has 1 aliphatic carbocycles. The fourth-order valence-corrected chi connectivity index (χ4v) is 4.64. The largest absolute Gasteiger partial charge is 0.481 e. The van der Waals surface area contributed by atoms with Crippen LogP contribution in [0.5, 0.6) is 0 Å². The van der Waals surface area contributed by atoms with Gasteiger partial charge >= 0.3 is 5.97 Å². The maximum Gasteiger partial charge on any atom is 0.304 e. The molecule has 1 aromatic rings. The lowest BCUT2D eigenvalue weighted by Crippen LogP contribution is -2.40. The Morgan fingerprint density at radius 2 is 2.05 bits per heavy atom. The Hall–Kier alpha value is -1.11. The second kappa shape index (κ2) is 4.97. The summed E-state index contributed by atoms with van der Waals surface area (Å²) in [6, 6.07) is 4.78. The van der Waals surface area contributed by atoms with Crippen LogP contribution in [0.4, 0.5) is 0 Å². The zero-order chi connectivity index (χ0) is 15.3. The minimum Gasteiger partial charge on any atom is -0.481 e. The van der Waals surface area contributed by atoms with Crippen molar-refractivity contribution in [3.8, 4) is 0 Å². The highest BCUT2D eigenvalue weighted by Gasteiger charge is 2.46. The lowest BCUT2D eigenvalue weighted by molar-refractivity contribution is -0.137. The Balaban J connectivity index is 1.92. The number of hydrogen-bond acceptors (Lipinski definition) is 4. The van der Waals surface area contributed by atoms with Crippen LogP contribution in [0.15, 0.2) is 23.1 Å². The Kier molecular flexibility index (Phi) is 3.50. The molecule has 0 unspecified atom stereocenters. The van der Waals surface area contributed by atoms with E-state index in [1.54, 1.807) is 12.1 Å². The summed E-state index contributed by atoms with van der Waals surface area (Å²) in [4.78, 5) is 11.0. The van der Waals surface area contributed by atoms with E-state index in [1.807, 2.05) is 0 Å². The molecule has 1 aromatic carbocycles. The van der Waals surface area contributed by atoms with Gasteiger partial charge < -0.3 is 9.84 Å². The average Bonchev–Trinajstić information content (AvgIpc) is 3.05. The molecule has 1 heterocycles. The summed E-state index contributed by atoms with van der Waals surface area (Å²) in [6.07, 6.45) is 1.63. The molecule has 0 atom stereocenters. The molecule has 2 aliphatic rings. The van der Waals surface area contributed by atoms with Crippen molar-refractivity contribution in [2.24, 2.45) is 0 Å². The van der Waals surface area contributed by atoms with E-state index in [0.717, 1.165) is 18.4 Å². The number of hydrogen-bond donors (Lipinski definition) is 1. The normalized spacial score (nSPS) is 20.8. The number of halogens is 1. The number of sulfone groups is 1. The molecule has 1 saturated heterocycles. The SMILES string of the molecule is O=C(O)CC1(c2ccc(S(=O)(=O)C3COC3)c(Cl)c2)CC1. The highest BCUT2D eigenvalue weighted by atomic mass is 35.5. The maximum atomic E-state index is 12.3. The molecule has 7 heteroatoms. The van der Waals surface area contributed by atoms with Crippen LogP contribution in [-0.4, -0.2) is 38.0 Å². The monoisotopic (exact) mass is 330 g/mol. The van der Waals surface area contributed by atoms with Crippen molar-refractivity contribution in [1.29, 1.82) is 0 Å². The number of carbonyl (C=O) groups is 1. The van der Waals surface area contributed by atoms with E-state index in [1.165, 1.54) is 6.07 Å². The smallest absolute Gasteiger partial charge is 0.304 e. The summed E-state index contributed by atoms with van der Waals surface area (Å²) in [5, 5.41) is 8.60. The van der Waals surface area contributed by atoms with Crippen LogP contribution in [0.3, 0.4) is 0 Å². The predicted octanol–water partition coefficient (Wildman–Crippen LogP) is 2.02. The molecule has 0 bridgehead atoms. The summed E-state index contributed by atoms with van der Waals surface area (Å²) in [6.45, 7) is 0.396. The quantitative estimate of drug-likeness (QED) is 0.893. The van der Waals surface area contributed by atoms with Crippen LogP contribution in [0, 0.1) is 0 Å². The van der Waals surface area contributed by atoms with E-state index < -0.39 is 21.1 Å². The first kappa shape index (κ1) is 14.8. The molecule has 0 aromatic heterocycles. The Morgan fingerprint density at radius 1 is 1.38 bits per heavy atom. The molecule has 5 nitrogen and oxygen atoms in total. The van der Waals surface area contributed by atoms with Crippen LogP contribution in [0.25, 0.3) is 0 Å². The van der Waals surface area contributed by atoms with Crippen LogP contribution in [0.2, 0.25) is 5.02 Å². The minimum absolute atomic E-state index is 0.0475. The Labute approximate surface area is 127 Å². The van der Waals surface area contributed by atoms with Gasteiger partial charge in [0.25, 0.3) is 0 Å². The van der Waals surface area contributed by atoms with Crippen LogP contribution in [0.1, 0.15) is 24.8 Å². The lowest BCUT2D eigenvalue weighted by atomic mass is 9.92. The van der Waals surface area contributed by atoms with Crippen molar-refractivity contribution in [2.45, 2.75) is 34.8 Å². The van der Waals surface area contributed by atoms with Crippen molar-refractivity contribution in [3.63, 3.8) is 0 Å². The van der Waals surface area contributed by atoms with Gasteiger partial charge in [-0.2, -0.15) is 0 Å². The van der Waals surface area contributed by atoms with Crippen molar-refractivity contribution in [1.82, 2.24) is 0 Å². The van der Waals surface area contributed by atoms with E-state index in [2.05, 4.69) is 0 Å². The second-order valence-corrected chi connectivity index (χ2v) is 8.30. The number of benzene rings is 1. The van der Waals surface area contributed by atoms with E-state index in [-0.39, 0.29) is 35.0 Å². The minimum atomic E-state index is -3.47. The van der Waals surface area contributed by atoms with Gasteiger partial charge in [-0.25, -0.2) is 8.42 Å². The van der Waals surface area contributed by atoms with Crippen LogP contribution in [-0.2, 0) is 24.8 Å². The first-order chi connectivity index (χ1) is 9.85. The van der Waals surface area contributed by atoms with Crippen LogP contribution >= 0.6 is 11.6 Å². The summed E-state index contributed by atoms with van der Waals surface area (Å²) in [5.41, 5.74) is 0.427. The first-order valence-corrected chi connectivity index (χ1v) is 8.61. The van der Waals surface area contributed by atoms with Crippen molar-refractivity contribution < 1.29 is 23.1 Å². The fraction of sp³-hybridized carbons (Fsp3) is 0.500. The first-order valence-electron chi connectivity index (χ1n) is 6.69. The van der Waals surface area contributed by atoms with Crippen molar-refractivity contribution in [2.75, 3.05) is 13.2 Å². The molecule has 0 amide bonds. The maximum absolute atomic E-state index is 12.3. The molecule has 3 rings (SSSR count). The summed E-state index contributed by atoms with van der Waals surface area (Å²) in [5.74, 6) is -0.855. The number of aliphatic carboxylic acids is 1. The molecule has 1 saturated carbocycles. The van der Waals surface area contributed by atoms with Crippen molar-refractivity contribution >= 4 is 27.4 Å². The van der Waals surface area contributed by atoms with Gasteiger partial charge in [-0.15, -0.1) is 0 Å². The third-order valence-corrected chi connectivity index (χ3v) is 6.78. The average molecular weight is 331 g/mol. The molecule has 1 aliphatic heterocycles. The lowest BCUT2D eigenvalue weighted by Gasteiger charge is -2.26. The van der Waals surface area contributed by atoms with Gasteiger partial charge in [0.1, 0.15) is 5.25 Å². The predicted molar refractivity (Wildman–Crippen MR) is 76.4 cm³/mol. The van der Waals surface area contributed by atoms with E-state index in [4.69, 9.17) is 21.4 Å². The number of carboxylic acid groups (broad SMARTS) is 1.